The maximum Gasteiger partial charge on any atom is 0.226 e. The molecule has 1 heterocycles. The second-order valence-corrected chi connectivity index (χ2v) is 6.22. The first-order valence-corrected chi connectivity index (χ1v) is 8.47. The van der Waals surface area contributed by atoms with Gasteiger partial charge in [0.15, 0.2) is 11.8 Å². The number of aliphatic imine (C=N–C) groups is 1. The van der Waals surface area contributed by atoms with Gasteiger partial charge in [0.1, 0.15) is 0 Å². The van der Waals surface area contributed by atoms with Crippen LogP contribution in [0.5, 0.6) is 0 Å². The highest BCUT2D eigenvalue weighted by Crippen LogP contribution is 2.11. The average Bonchev–Trinajstić information content (AvgIpc) is 3.03. The number of hydrogen-bond acceptors (Lipinski definition) is 4. The number of aromatic nitrogens is 2. The Bertz CT molecular complexity index is 675. The predicted molar refractivity (Wildman–Crippen MR) is 112 cm³/mol. The maximum absolute atomic E-state index is 5.98. The molecule has 0 saturated heterocycles. The first kappa shape index (κ1) is 21.7. The highest BCUT2D eigenvalue weighted by Gasteiger charge is 2.09. The van der Waals surface area contributed by atoms with Gasteiger partial charge >= 0.3 is 0 Å². The summed E-state index contributed by atoms with van der Waals surface area (Å²) in [5.41, 5.74) is 1.11. The number of nitrogens with one attached hydrogen (secondary N) is 2. The second-order valence-electron chi connectivity index (χ2n) is 5.79. The number of benzene rings is 1. The van der Waals surface area contributed by atoms with Crippen LogP contribution in [0.15, 0.2) is 33.8 Å². The van der Waals surface area contributed by atoms with Crippen LogP contribution in [0.25, 0.3) is 0 Å². The molecular weight excluding hydrogens is 453 g/mol. The van der Waals surface area contributed by atoms with Crippen molar-refractivity contribution in [3.8, 4) is 0 Å². The summed E-state index contributed by atoms with van der Waals surface area (Å²) in [5, 5.41) is 11.2. The van der Waals surface area contributed by atoms with Crippen molar-refractivity contribution in [2.24, 2.45) is 4.99 Å². The van der Waals surface area contributed by atoms with Crippen LogP contribution in [0.2, 0.25) is 5.02 Å². The Kier molecular flexibility index (Phi) is 9.81. The molecule has 0 aliphatic rings. The van der Waals surface area contributed by atoms with Crippen molar-refractivity contribution in [3.63, 3.8) is 0 Å². The molecule has 2 rings (SSSR count). The number of aryl methyl sites for hydroxylation is 1. The topological polar surface area (TPSA) is 75.3 Å². The highest BCUT2D eigenvalue weighted by atomic mass is 127. The molecule has 1 aromatic carbocycles. The summed E-state index contributed by atoms with van der Waals surface area (Å²) < 4.78 is 5.23. The van der Waals surface area contributed by atoms with Crippen molar-refractivity contribution in [3.05, 3.63) is 46.6 Å². The summed E-state index contributed by atoms with van der Waals surface area (Å²) in [6.07, 6.45) is 1.63. The summed E-state index contributed by atoms with van der Waals surface area (Å²) in [6.45, 7) is 5.54. The molecule has 0 unspecified atom stereocenters. The molecule has 25 heavy (non-hydrogen) atoms. The van der Waals surface area contributed by atoms with Crippen molar-refractivity contribution >= 4 is 41.5 Å². The van der Waals surface area contributed by atoms with Gasteiger partial charge in [-0.3, -0.25) is 4.99 Å². The lowest BCUT2D eigenvalue weighted by atomic mass is 10.2. The van der Waals surface area contributed by atoms with Crippen molar-refractivity contribution in [1.29, 1.82) is 0 Å². The van der Waals surface area contributed by atoms with Crippen molar-refractivity contribution in [2.75, 3.05) is 13.6 Å². The summed E-state index contributed by atoms with van der Waals surface area (Å²) >= 11 is 5.98. The SMILES string of the molecule is CN=C(NCCCc1nc(C(C)C)no1)NCc1cccc(Cl)c1.I. The van der Waals surface area contributed by atoms with Gasteiger partial charge < -0.3 is 15.2 Å². The van der Waals surface area contributed by atoms with Gasteiger partial charge in [0.25, 0.3) is 0 Å². The molecule has 0 aliphatic carbocycles. The number of guanidine groups is 1. The number of rotatable bonds is 7. The van der Waals surface area contributed by atoms with Gasteiger partial charge in [-0.15, -0.1) is 24.0 Å². The number of nitrogens with zero attached hydrogens (tertiary/aromatic N) is 3. The van der Waals surface area contributed by atoms with Crippen LogP contribution in [0.1, 0.15) is 43.5 Å². The molecule has 0 saturated carbocycles. The van der Waals surface area contributed by atoms with Crippen LogP contribution in [-0.4, -0.2) is 29.7 Å². The zero-order valence-corrected chi connectivity index (χ0v) is 17.8. The highest BCUT2D eigenvalue weighted by molar-refractivity contribution is 14.0. The molecule has 8 heteroatoms. The minimum absolute atomic E-state index is 0. The second kappa shape index (κ2) is 11.3. The Morgan fingerprint density at radius 1 is 1.32 bits per heavy atom. The third-order valence-electron chi connectivity index (χ3n) is 3.43. The fourth-order valence-corrected chi connectivity index (χ4v) is 2.32. The molecule has 2 N–H and O–H groups in total. The van der Waals surface area contributed by atoms with Gasteiger partial charge in [0.05, 0.1) is 0 Å². The van der Waals surface area contributed by atoms with Crippen LogP contribution >= 0.6 is 35.6 Å². The number of hydrogen-bond donors (Lipinski definition) is 2. The van der Waals surface area contributed by atoms with Crippen LogP contribution in [0, 0.1) is 0 Å². The standard InChI is InChI=1S/C17H24ClN5O.HI/c1-12(2)16-22-15(24-23-16)8-5-9-20-17(19-3)21-11-13-6-4-7-14(18)10-13;/h4,6-7,10,12H,5,8-9,11H2,1-3H3,(H2,19,20,21);1H. The fraction of sp³-hybridized carbons (Fsp3) is 0.471. The Morgan fingerprint density at radius 3 is 2.76 bits per heavy atom. The first-order valence-electron chi connectivity index (χ1n) is 8.10. The van der Waals surface area contributed by atoms with E-state index in [9.17, 15) is 0 Å². The fourth-order valence-electron chi connectivity index (χ4n) is 2.10. The third-order valence-corrected chi connectivity index (χ3v) is 3.67. The lowest BCUT2D eigenvalue weighted by Crippen LogP contribution is -2.37. The molecule has 0 bridgehead atoms. The van der Waals surface area contributed by atoms with Crippen molar-refractivity contribution < 1.29 is 4.52 Å². The van der Waals surface area contributed by atoms with E-state index in [0.29, 0.717) is 12.4 Å². The van der Waals surface area contributed by atoms with Crippen molar-refractivity contribution in [1.82, 2.24) is 20.8 Å². The lowest BCUT2D eigenvalue weighted by Gasteiger charge is -2.11. The van der Waals surface area contributed by atoms with Crippen LogP contribution in [0.4, 0.5) is 0 Å². The zero-order valence-electron chi connectivity index (χ0n) is 14.8. The molecule has 2 aromatic rings. The molecule has 138 valence electrons. The predicted octanol–water partition coefficient (Wildman–Crippen LogP) is 3.76. The lowest BCUT2D eigenvalue weighted by molar-refractivity contribution is 0.368. The molecule has 1 aromatic heterocycles. The molecular formula is C17H25ClIN5O. The van der Waals surface area contributed by atoms with E-state index in [-0.39, 0.29) is 29.9 Å². The molecule has 0 amide bonds. The van der Waals surface area contributed by atoms with Gasteiger partial charge in [0.2, 0.25) is 5.89 Å². The zero-order chi connectivity index (χ0) is 17.4. The monoisotopic (exact) mass is 477 g/mol. The van der Waals surface area contributed by atoms with Crippen LogP contribution in [-0.2, 0) is 13.0 Å². The third kappa shape index (κ3) is 7.60. The van der Waals surface area contributed by atoms with Crippen LogP contribution < -0.4 is 10.6 Å². The molecule has 0 spiro atoms. The summed E-state index contributed by atoms with van der Waals surface area (Å²) in [4.78, 5) is 8.57. The summed E-state index contributed by atoms with van der Waals surface area (Å²) in [6, 6.07) is 7.75. The molecule has 0 fully saturated rings. The summed E-state index contributed by atoms with van der Waals surface area (Å²) in [5.74, 6) is 2.48. The van der Waals surface area contributed by atoms with Crippen molar-refractivity contribution in [2.45, 2.75) is 39.2 Å². The minimum atomic E-state index is 0. The van der Waals surface area contributed by atoms with Gasteiger partial charge in [-0.2, -0.15) is 4.98 Å². The molecule has 0 radical (unpaired) electrons. The molecule has 0 aliphatic heterocycles. The normalized spacial score (nSPS) is 11.3. The molecule has 6 nitrogen and oxygen atoms in total. The summed E-state index contributed by atoms with van der Waals surface area (Å²) in [7, 11) is 1.75. The Morgan fingerprint density at radius 2 is 2.12 bits per heavy atom. The minimum Gasteiger partial charge on any atom is -0.356 e. The number of halogens is 2. The van der Waals surface area contributed by atoms with Gasteiger partial charge in [0, 0.05) is 37.5 Å². The van der Waals surface area contributed by atoms with Gasteiger partial charge in [-0.25, -0.2) is 0 Å². The first-order chi connectivity index (χ1) is 11.6. The average molecular weight is 478 g/mol. The van der Waals surface area contributed by atoms with E-state index in [1.807, 2.05) is 38.1 Å². The van der Waals surface area contributed by atoms with E-state index in [1.165, 1.54) is 0 Å². The van der Waals surface area contributed by atoms with E-state index in [2.05, 4.69) is 25.8 Å². The van der Waals surface area contributed by atoms with Gasteiger partial charge in [-0.05, 0) is 24.1 Å². The Labute approximate surface area is 170 Å². The maximum atomic E-state index is 5.98. The molecule has 0 atom stereocenters. The van der Waals surface area contributed by atoms with E-state index in [1.54, 1.807) is 7.05 Å². The Balaban J connectivity index is 0.00000312. The van der Waals surface area contributed by atoms with Crippen LogP contribution in [0.3, 0.4) is 0 Å². The smallest absolute Gasteiger partial charge is 0.226 e. The quantitative estimate of drug-likeness (QED) is 0.275. The van der Waals surface area contributed by atoms with E-state index < -0.39 is 0 Å². The Hall–Kier alpha value is -1.35. The van der Waals surface area contributed by atoms with E-state index in [0.717, 1.165) is 41.8 Å². The van der Waals surface area contributed by atoms with E-state index >= 15 is 0 Å². The largest absolute Gasteiger partial charge is 0.356 e. The van der Waals surface area contributed by atoms with E-state index in [4.69, 9.17) is 16.1 Å². The van der Waals surface area contributed by atoms with Gasteiger partial charge in [-0.1, -0.05) is 42.7 Å².